The fourth-order valence-electron chi connectivity index (χ4n) is 1.60. The third kappa shape index (κ3) is 2.04. The van der Waals surface area contributed by atoms with Gasteiger partial charge in [-0.1, -0.05) is 0 Å². The molecular formula is C9H15N3OS. The van der Waals surface area contributed by atoms with E-state index in [-0.39, 0.29) is 0 Å². The maximum absolute atomic E-state index is 5.18. The van der Waals surface area contributed by atoms with Gasteiger partial charge in [0, 0.05) is 26.2 Å². The van der Waals surface area contributed by atoms with Crippen molar-refractivity contribution in [2.45, 2.75) is 31.7 Å². The number of methoxy groups -OCH3 is 1. The van der Waals surface area contributed by atoms with E-state index in [0.717, 1.165) is 30.0 Å². The molecule has 5 heteroatoms. The summed E-state index contributed by atoms with van der Waals surface area (Å²) in [6.45, 7) is 0.782. The highest BCUT2D eigenvalue weighted by atomic mass is 32.1. The number of H-pyrrole nitrogens is 1. The predicted molar refractivity (Wildman–Crippen MR) is 55.9 cm³/mol. The van der Waals surface area contributed by atoms with Gasteiger partial charge in [0.2, 0.25) is 0 Å². The molecule has 1 aliphatic rings. The maximum atomic E-state index is 5.18. The van der Waals surface area contributed by atoms with E-state index in [2.05, 4.69) is 14.8 Å². The highest BCUT2D eigenvalue weighted by Crippen LogP contribution is 2.35. The van der Waals surface area contributed by atoms with Crippen molar-refractivity contribution in [1.82, 2.24) is 14.8 Å². The standard InChI is InChI=1S/C9H15N3OS/c1-13-6-2-3-8-10-11-9(14)12(8)7-4-5-7/h7H,2-6H2,1H3,(H,11,14). The Bertz CT molecular complexity index is 353. The summed E-state index contributed by atoms with van der Waals surface area (Å²) >= 11 is 5.18. The molecule has 0 unspecified atom stereocenters. The van der Waals surface area contributed by atoms with Gasteiger partial charge in [-0.15, -0.1) is 0 Å². The third-order valence-corrected chi connectivity index (χ3v) is 2.73. The first kappa shape index (κ1) is 9.86. The van der Waals surface area contributed by atoms with Crippen LogP contribution in [-0.2, 0) is 11.2 Å². The van der Waals surface area contributed by atoms with Crippen LogP contribution in [0.1, 0.15) is 31.1 Å². The van der Waals surface area contributed by atoms with Gasteiger partial charge in [-0.25, -0.2) is 0 Å². The molecular weight excluding hydrogens is 198 g/mol. The smallest absolute Gasteiger partial charge is 0.195 e. The van der Waals surface area contributed by atoms with Crippen molar-refractivity contribution >= 4 is 12.2 Å². The van der Waals surface area contributed by atoms with Crippen molar-refractivity contribution < 1.29 is 4.74 Å². The van der Waals surface area contributed by atoms with Gasteiger partial charge in [0.05, 0.1) is 0 Å². The predicted octanol–water partition coefficient (Wildman–Crippen LogP) is 1.85. The van der Waals surface area contributed by atoms with Gasteiger partial charge in [-0.3, -0.25) is 5.10 Å². The lowest BCUT2D eigenvalue weighted by Crippen LogP contribution is -2.03. The van der Waals surface area contributed by atoms with Gasteiger partial charge in [-0.2, -0.15) is 5.10 Å². The van der Waals surface area contributed by atoms with Crippen LogP contribution in [0.25, 0.3) is 0 Å². The van der Waals surface area contributed by atoms with E-state index in [1.165, 1.54) is 12.8 Å². The molecule has 14 heavy (non-hydrogen) atoms. The molecule has 0 aromatic carbocycles. The number of rotatable bonds is 5. The Balaban J connectivity index is 2.05. The zero-order valence-electron chi connectivity index (χ0n) is 8.32. The normalized spacial score (nSPS) is 16.1. The summed E-state index contributed by atoms with van der Waals surface area (Å²) in [7, 11) is 1.72. The number of nitrogens with one attached hydrogen (secondary N) is 1. The molecule has 1 aromatic heterocycles. The molecule has 78 valence electrons. The van der Waals surface area contributed by atoms with E-state index in [1.54, 1.807) is 7.11 Å². The first-order chi connectivity index (χ1) is 6.83. The fourth-order valence-corrected chi connectivity index (χ4v) is 1.90. The average molecular weight is 213 g/mol. The quantitative estimate of drug-likeness (QED) is 0.599. The average Bonchev–Trinajstić information content (AvgIpc) is 2.93. The lowest BCUT2D eigenvalue weighted by molar-refractivity contribution is 0.194. The minimum absolute atomic E-state index is 0.610. The van der Waals surface area contributed by atoms with Crippen LogP contribution >= 0.6 is 12.2 Å². The Morgan fingerprint density at radius 1 is 1.64 bits per heavy atom. The van der Waals surface area contributed by atoms with Gasteiger partial charge in [0.25, 0.3) is 0 Å². The third-order valence-electron chi connectivity index (χ3n) is 2.44. The van der Waals surface area contributed by atoms with Crippen molar-refractivity contribution in [3.05, 3.63) is 10.6 Å². The first-order valence-electron chi connectivity index (χ1n) is 4.97. The Hall–Kier alpha value is -0.680. The second kappa shape index (κ2) is 4.23. The highest BCUT2D eigenvalue weighted by molar-refractivity contribution is 7.71. The number of aromatic amines is 1. The Kier molecular flexibility index (Phi) is 2.98. The molecule has 1 saturated carbocycles. The van der Waals surface area contributed by atoms with Crippen LogP contribution in [0.5, 0.6) is 0 Å². The topological polar surface area (TPSA) is 42.8 Å². The Morgan fingerprint density at radius 2 is 2.43 bits per heavy atom. The summed E-state index contributed by atoms with van der Waals surface area (Å²) < 4.78 is 7.93. The lowest BCUT2D eigenvalue weighted by Gasteiger charge is -2.03. The summed E-state index contributed by atoms with van der Waals surface area (Å²) in [6, 6.07) is 0.610. The monoisotopic (exact) mass is 213 g/mol. The molecule has 1 fully saturated rings. The van der Waals surface area contributed by atoms with Crippen LogP contribution in [0, 0.1) is 4.77 Å². The minimum Gasteiger partial charge on any atom is -0.385 e. The van der Waals surface area contributed by atoms with Gasteiger partial charge in [0.15, 0.2) is 4.77 Å². The summed E-state index contributed by atoms with van der Waals surface area (Å²) in [6.07, 6.45) is 4.43. The van der Waals surface area contributed by atoms with Crippen LogP contribution in [0.3, 0.4) is 0 Å². The van der Waals surface area contributed by atoms with Crippen LogP contribution in [0.4, 0.5) is 0 Å². The van der Waals surface area contributed by atoms with Gasteiger partial charge >= 0.3 is 0 Å². The van der Waals surface area contributed by atoms with E-state index in [4.69, 9.17) is 17.0 Å². The van der Waals surface area contributed by atoms with Crippen LogP contribution < -0.4 is 0 Å². The molecule has 2 rings (SSSR count). The number of nitrogens with zero attached hydrogens (tertiary/aromatic N) is 2. The molecule has 1 aromatic rings. The number of aryl methyl sites for hydroxylation is 1. The van der Waals surface area contributed by atoms with Crippen LogP contribution in [0.15, 0.2) is 0 Å². The molecule has 0 bridgehead atoms. The lowest BCUT2D eigenvalue weighted by atomic mass is 10.3. The minimum atomic E-state index is 0.610. The molecule has 0 saturated heterocycles. The molecule has 4 nitrogen and oxygen atoms in total. The molecule has 1 N–H and O–H groups in total. The van der Waals surface area contributed by atoms with Crippen molar-refractivity contribution in [1.29, 1.82) is 0 Å². The summed E-state index contributed by atoms with van der Waals surface area (Å²) in [5.74, 6) is 1.08. The highest BCUT2D eigenvalue weighted by Gasteiger charge is 2.26. The molecule has 0 aliphatic heterocycles. The molecule has 0 radical (unpaired) electrons. The molecule has 0 amide bonds. The summed E-state index contributed by atoms with van der Waals surface area (Å²) in [4.78, 5) is 0. The van der Waals surface area contributed by atoms with Crippen molar-refractivity contribution in [2.75, 3.05) is 13.7 Å². The van der Waals surface area contributed by atoms with Crippen molar-refractivity contribution in [2.24, 2.45) is 0 Å². The number of hydrogen-bond donors (Lipinski definition) is 1. The van der Waals surface area contributed by atoms with Crippen LogP contribution in [0.2, 0.25) is 0 Å². The molecule has 1 aliphatic carbocycles. The zero-order valence-corrected chi connectivity index (χ0v) is 9.14. The Morgan fingerprint density at radius 3 is 3.07 bits per heavy atom. The zero-order chi connectivity index (χ0) is 9.97. The molecule has 0 spiro atoms. The van der Waals surface area contributed by atoms with Gasteiger partial charge in [0.1, 0.15) is 5.82 Å². The van der Waals surface area contributed by atoms with Gasteiger partial charge < -0.3 is 9.30 Å². The SMILES string of the molecule is COCCCc1n[nH]c(=S)n1C1CC1. The van der Waals surface area contributed by atoms with E-state index >= 15 is 0 Å². The Labute approximate surface area is 88.3 Å². The largest absolute Gasteiger partial charge is 0.385 e. The first-order valence-corrected chi connectivity index (χ1v) is 5.38. The second-order valence-electron chi connectivity index (χ2n) is 3.64. The fraction of sp³-hybridized carbons (Fsp3) is 0.778. The van der Waals surface area contributed by atoms with Crippen LogP contribution in [-0.4, -0.2) is 28.5 Å². The molecule has 0 atom stereocenters. The van der Waals surface area contributed by atoms with Crippen molar-refractivity contribution in [3.8, 4) is 0 Å². The number of ether oxygens (including phenoxy) is 1. The number of aromatic nitrogens is 3. The summed E-state index contributed by atoms with van der Waals surface area (Å²) in [5.41, 5.74) is 0. The van der Waals surface area contributed by atoms with Crippen molar-refractivity contribution in [3.63, 3.8) is 0 Å². The maximum Gasteiger partial charge on any atom is 0.195 e. The van der Waals surface area contributed by atoms with E-state index in [0.29, 0.717) is 6.04 Å². The van der Waals surface area contributed by atoms with E-state index in [9.17, 15) is 0 Å². The number of hydrogen-bond acceptors (Lipinski definition) is 3. The van der Waals surface area contributed by atoms with Gasteiger partial charge in [-0.05, 0) is 31.5 Å². The van der Waals surface area contributed by atoms with E-state index < -0.39 is 0 Å². The second-order valence-corrected chi connectivity index (χ2v) is 4.03. The molecule has 1 heterocycles. The summed E-state index contributed by atoms with van der Waals surface area (Å²) in [5, 5.41) is 7.10. The van der Waals surface area contributed by atoms with E-state index in [1.807, 2.05) is 0 Å².